The Hall–Kier alpha value is -2.28. The molecule has 0 bridgehead atoms. The molecular formula is C16H17ClFN5O. The standard InChI is InChI=1S/C16H17ClFN5O/c17-16-20-9-12(18)14(23-16)21-10-4-3-5-11(8-10)22-15(24)13-6-1-2-7-19-13/h1-2,6-7,9-11H,3-5,8H2,(H,22,24)(H,20,21,23). The summed E-state index contributed by atoms with van der Waals surface area (Å²) in [5, 5.41) is 6.03. The molecule has 3 rings (SSSR count). The van der Waals surface area contributed by atoms with E-state index in [-0.39, 0.29) is 29.1 Å². The molecule has 0 aliphatic heterocycles. The average Bonchev–Trinajstić information content (AvgIpc) is 2.59. The summed E-state index contributed by atoms with van der Waals surface area (Å²) in [5.74, 6) is -0.645. The SMILES string of the molecule is O=C(NC1CCCC(Nc2nc(Cl)ncc2F)C1)c1ccccn1. The third kappa shape index (κ3) is 4.17. The van der Waals surface area contributed by atoms with Crippen LogP contribution in [0.25, 0.3) is 0 Å². The monoisotopic (exact) mass is 349 g/mol. The van der Waals surface area contributed by atoms with Crippen LogP contribution in [0.3, 0.4) is 0 Å². The minimum absolute atomic E-state index is 0.00489. The van der Waals surface area contributed by atoms with Gasteiger partial charge in [-0.25, -0.2) is 9.37 Å². The number of carbonyl (C=O) groups is 1. The van der Waals surface area contributed by atoms with Crippen molar-refractivity contribution >= 4 is 23.3 Å². The quantitative estimate of drug-likeness (QED) is 0.830. The van der Waals surface area contributed by atoms with E-state index in [1.807, 2.05) is 0 Å². The number of nitrogens with zero attached hydrogens (tertiary/aromatic N) is 3. The Balaban J connectivity index is 1.60. The molecule has 1 aliphatic rings. The van der Waals surface area contributed by atoms with Crippen LogP contribution in [0, 0.1) is 5.82 Å². The van der Waals surface area contributed by atoms with Crippen LogP contribution in [-0.4, -0.2) is 32.9 Å². The van der Waals surface area contributed by atoms with Crippen LogP contribution in [0.2, 0.25) is 5.28 Å². The van der Waals surface area contributed by atoms with Gasteiger partial charge in [-0.1, -0.05) is 6.07 Å². The minimum atomic E-state index is -0.543. The lowest BCUT2D eigenvalue weighted by Crippen LogP contribution is -2.42. The largest absolute Gasteiger partial charge is 0.365 e. The Labute approximate surface area is 143 Å². The number of aromatic nitrogens is 3. The molecule has 2 unspecified atom stereocenters. The summed E-state index contributed by atoms with van der Waals surface area (Å²) in [6.45, 7) is 0. The van der Waals surface area contributed by atoms with Crippen molar-refractivity contribution in [3.63, 3.8) is 0 Å². The fraction of sp³-hybridized carbons (Fsp3) is 0.375. The number of hydrogen-bond donors (Lipinski definition) is 2. The van der Waals surface area contributed by atoms with E-state index in [4.69, 9.17) is 11.6 Å². The van der Waals surface area contributed by atoms with Gasteiger partial charge in [0, 0.05) is 18.3 Å². The molecule has 24 heavy (non-hydrogen) atoms. The number of halogens is 2. The van der Waals surface area contributed by atoms with Gasteiger partial charge in [0.1, 0.15) is 5.69 Å². The average molecular weight is 350 g/mol. The molecule has 126 valence electrons. The van der Waals surface area contributed by atoms with Gasteiger partial charge in [0.15, 0.2) is 11.6 Å². The minimum Gasteiger partial charge on any atom is -0.365 e. The summed E-state index contributed by atoms with van der Waals surface area (Å²) in [5.41, 5.74) is 0.390. The van der Waals surface area contributed by atoms with Gasteiger partial charge in [-0.3, -0.25) is 9.78 Å². The van der Waals surface area contributed by atoms with E-state index < -0.39 is 5.82 Å². The highest BCUT2D eigenvalue weighted by Gasteiger charge is 2.25. The predicted molar refractivity (Wildman–Crippen MR) is 88.4 cm³/mol. The van der Waals surface area contributed by atoms with Crippen LogP contribution in [0.1, 0.15) is 36.2 Å². The number of pyridine rings is 1. The van der Waals surface area contributed by atoms with Gasteiger partial charge in [-0.15, -0.1) is 0 Å². The lowest BCUT2D eigenvalue weighted by atomic mass is 9.91. The van der Waals surface area contributed by atoms with Gasteiger partial charge < -0.3 is 10.6 Å². The van der Waals surface area contributed by atoms with Gasteiger partial charge in [0.05, 0.1) is 6.20 Å². The van der Waals surface area contributed by atoms with Gasteiger partial charge in [-0.2, -0.15) is 4.98 Å². The molecule has 1 aliphatic carbocycles. The summed E-state index contributed by atoms with van der Waals surface area (Å²) in [4.78, 5) is 23.7. The Morgan fingerprint density at radius 1 is 1.25 bits per heavy atom. The second-order valence-corrected chi connectivity index (χ2v) is 6.07. The molecule has 8 heteroatoms. The zero-order valence-electron chi connectivity index (χ0n) is 12.9. The Kier molecular flexibility index (Phi) is 5.20. The summed E-state index contributed by atoms with van der Waals surface area (Å²) in [6.07, 6.45) is 5.98. The number of amides is 1. The first kappa shape index (κ1) is 16.6. The first-order valence-corrected chi connectivity index (χ1v) is 8.16. The van der Waals surface area contributed by atoms with E-state index >= 15 is 0 Å². The fourth-order valence-corrected chi connectivity index (χ4v) is 2.98. The topological polar surface area (TPSA) is 79.8 Å². The number of rotatable bonds is 4. The molecule has 2 N–H and O–H groups in total. The zero-order chi connectivity index (χ0) is 16.9. The highest BCUT2D eigenvalue weighted by atomic mass is 35.5. The van der Waals surface area contributed by atoms with E-state index in [0.29, 0.717) is 12.1 Å². The normalized spacial score (nSPS) is 20.4. The number of nitrogens with one attached hydrogen (secondary N) is 2. The summed E-state index contributed by atoms with van der Waals surface area (Å²) < 4.78 is 13.7. The lowest BCUT2D eigenvalue weighted by Gasteiger charge is -2.30. The molecule has 0 aromatic carbocycles. The van der Waals surface area contributed by atoms with Crippen molar-refractivity contribution in [2.24, 2.45) is 0 Å². The highest BCUT2D eigenvalue weighted by molar-refractivity contribution is 6.28. The van der Waals surface area contributed by atoms with Crippen LogP contribution in [0.15, 0.2) is 30.6 Å². The summed E-state index contributed by atoms with van der Waals surface area (Å²) in [6, 6.07) is 5.22. The summed E-state index contributed by atoms with van der Waals surface area (Å²) >= 11 is 5.71. The molecule has 2 aromatic rings. The van der Waals surface area contributed by atoms with Gasteiger partial charge in [0.2, 0.25) is 5.28 Å². The summed E-state index contributed by atoms with van der Waals surface area (Å²) in [7, 11) is 0. The van der Waals surface area contributed by atoms with E-state index in [1.54, 1.807) is 24.4 Å². The second kappa shape index (κ2) is 7.53. The van der Waals surface area contributed by atoms with Crippen molar-refractivity contribution in [2.45, 2.75) is 37.8 Å². The van der Waals surface area contributed by atoms with Crippen molar-refractivity contribution in [1.29, 1.82) is 0 Å². The molecule has 0 spiro atoms. The maximum Gasteiger partial charge on any atom is 0.270 e. The molecule has 2 aromatic heterocycles. The Bertz CT molecular complexity index is 715. The van der Waals surface area contributed by atoms with Crippen molar-refractivity contribution in [3.05, 3.63) is 47.4 Å². The Morgan fingerprint density at radius 2 is 2.08 bits per heavy atom. The van der Waals surface area contributed by atoms with E-state index in [0.717, 1.165) is 25.5 Å². The molecule has 1 amide bonds. The first-order chi connectivity index (χ1) is 11.6. The third-order valence-corrected chi connectivity index (χ3v) is 4.14. The van der Waals surface area contributed by atoms with Crippen LogP contribution in [0.5, 0.6) is 0 Å². The number of anilines is 1. The molecule has 2 heterocycles. The van der Waals surface area contributed by atoms with Crippen molar-refractivity contribution in [1.82, 2.24) is 20.3 Å². The second-order valence-electron chi connectivity index (χ2n) is 5.73. The zero-order valence-corrected chi connectivity index (χ0v) is 13.6. The molecule has 1 saturated carbocycles. The van der Waals surface area contributed by atoms with Gasteiger partial charge in [-0.05, 0) is 49.4 Å². The highest BCUT2D eigenvalue weighted by Crippen LogP contribution is 2.23. The molecule has 6 nitrogen and oxygen atoms in total. The van der Waals surface area contributed by atoms with E-state index in [1.165, 1.54) is 0 Å². The maximum atomic E-state index is 13.7. The van der Waals surface area contributed by atoms with Crippen LogP contribution in [-0.2, 0) is 0 Å². The van der Waals surface area contributed by atoms with Crippen LogP contribution < -0.4 is 10.6 Å². The van der Waals surface area contributed by atoms with Gasteiger partial charge in [0.25, 0.3) is 5.91 Å². The first-order valence-electron chi connectivity index (χ1n) is 7.78. The molecule has 0 radical (unpaired) electrons. The van der Waals surface area contributed by atoms with Crippen molar-refractivity contribution < 1.29 is 9.18 Å². The van der Waals surface area contributed by atoms with Crippen LogP contribution >= 0.6 is 11.6 Å². The van der Waals surface area contributed by atoms with E-state index in [9.17, 15) is 9.18 Å². The van der Waals surface area contributed by atoms with Crippen LogP contribution in [0.4, 0.5) is 10.2 Å². The Morgan fingerprint density at radius 3 is 2.88 bits per heavy atom. The fourth-order valence-electron chi connectivity index (χ4n) is 2.85. The maximum absolute atomic E-state index is 13.7. The smallest absolute Gasteiger partial charge is 0.270 e. The predicted octanol–water partition coefficient (Wildman–Crippen LogP) is 2.82. The molecule has 1 fully saturated rings. The van der Waals surface area contributed by atoms with Crippen molar-refractivity contribution in [2.75, 3.05) is 5.32 Å². The third-order valence-electron chi connectivity index (χ3n) is 3.96. The van der Waals surface area contributed by atoms with Gasteiger partial charge >= 0.3 is 0 Å². The molecule has 0 saturated heterocycles. The number of carbonyl (C=O) groups excluding carboxylic acids is 1. The lowest BCUT2D eigenvalue weighted by molar-refractivity contribution is 0.0921. The van der Waals surface area contributed by atoms with E-state index in [2.05, 4.69) is 25.6 Å². The molecule has 2 atom stereocenters. The molecular weight excluding hydrogens is 333 g/mol. The van der Waals surface area contributed by atoms with Crippen molar-refractivity contribution in [3.8, 4) is 0 Å². The number of hydrogen-bond acceptors (Lipinski definition) is 5.